The highest BCUT2D eigenvalue weighted by molar-refractivity contribution is 7.20. The van der Waals surface area contributed by atoms with Crippen molar-refractivity contribution in [2.24, 2.45) is 0 Å². The molecular weight excluding hydrogens is 380 g/mol. The summed E-state index contributed by atoms with van der Waals surface area (Å²) in [5.74, 6) is -0.308. The van der Waals surface area contributed by atoms with E-state index in [1.807, 2.05) is 55.6 Å². The average Bonchev–Trinajstić information content (AvgIpc) is 3.29. The summed E-state index contributed by atoms with van der Waals surface area (Å²) >= 11 is 2.98. The Morgan fingerprint density at radius 1 is 1.19 bits per heavy atom. The van der Waals surface area contributed by atoms with Crippen molar-refractivity contribution >= 4 is 44.5 Å². The van der Waals surface area contributed by atoms with Crippen LogP contribution in [-0.2, 0) is 11.3 Å². The molecule has 3 aromatic heterocycles. The molecule has 27 heavy (non-hydrogen) atoms. The maximum absolute atomic E-state index is 12.8. The predicted octanol–water partition coefficient (Wildman–Crippen LogP) is 3.84. The zero-order chi connectivity index (χ0) is 19.0. The van der Waals surface area contributed by atoms with Crippen molar-refractivity contribution in [2.75, 3.05) is 5.32 Å². The van der Waals surface area contributed by atoms with Crippen LogP contribution in [0.2, 0.25) is 0 Å². The number of hydrogen-bond acceptors (Lipinski definition) is 6. The number of aromatic nitrogens is 3. The second-order valence-corrected chi connectivity index (χ2v) is 8.26. The lowest BCUT2D eigenvalue weighted by atomic mass is 10.2. The van der Waals surface area contributed by atoms with E-state index in [1.54, 1.807) is 0 Å². The molecule has 136 valence electrons. The average molecular weight is 396 g/mol. The molecule has 8 heteroatoms. The van der Waals surface area contributed by atoms with Gasteiger partial charge in [-0.2, -0.15) is 5.10 Å². The van der Waals surface area contributed by atoms with Gasteiger partial charge in [-0.3, -0.25) is 9.59 Å². The summed E-state index contributed by atoms with van der Waals surface area (Å²) in [5, 5.41) is 10.0. The van der Waals surface area contributed by atoms with Crippen molar-refractivity contribution < 1.29 is 4.79 Å². The Kier molecular flexibility index (Phi) is 4.59. The minimum Gasteiger partial charge on any atom is -0.324 e. The molecule has 0 atom stereocenters. The molecule has 1 aromatic carbocycles. The van der Waals surface area contributed by atoms with Crippen LogP contribution in [0.25, 0.3) is 20.8 Å². The van der Waals surface area contributed by atoms with E-state index in [-0.39, 0.29) is 18.0 Å². The molecule has 0 saturated heterocycles. The summed E-state index contributed by atoms with van der Waals surface area (Å²) in [6.07, 6.45) is 0. The van der Waals surface area contributed by atoms with E-state index in [4.69, 9.17) is 0 Å². The molecule has 0 radical (unpaired) electrons. The number of anilines is 1. The van der Waals surface area contributed by atoms with Crippen molar-refractivity contribution in [3.05, 3.63) is 62.7 Å². The van der Waals surface area contributed by atoms with Gasteiger partial charge in [-0.25, -0.2) is 9.67 Å². The number of carbonyl (C=O) groups excluding carboxylic acids is 1. The fraction of sp³-hybridized carbons (Fsp3) is 0.158. The highest BCUT2D eigenvalue weighted by Gasteiger charge is 2.18. The van der Waals surface area contributed by atoms with Gasteiger partial charge in [0.05, 0.1) is 14.6 Å². The molecule has 0 bridgehead atoms. The highest BCUT2D eigenvalue weighted by Crippen LogP contribution is 2.31. The first-order chi connectivity index (χ1) is 13.0. The van der Waals surface area contributed by atoms with Crippen LogP contribution in [-0.4, -0.2) is 20.7 Å². The van der Waals surface area contributed by atoms with E-state index < -0.39 is 0 Å². The number of nitrogens with zero attached hydrogens (tertiary/aromatic N) is 3. The third-order valence-electron chi connectivity index (χ3n) is 3.99. The van der Waals surface area contributed by atoms with Gasteiger partial charge in [-0.1, -0.05) is 23.8 Å². The molecular formula is C19H16N4O2S2. The largest absolute Gasteiger partial charge is 0.324 e. The quantitative estimate of drug-likeness (QED) is 0.569. The molecule has 1 N–H and O–H groups in total. The molecule has 6 nitrogen and oxygen atoms in total. The van der Waals surface area contributed by atoms with Gasteiger partial charge in [0.15, 0.2) is 5.52 Å². The van der Waals surface area contributed by atoms with Crippen LogP contribution in [0.4, 0.5) is 5.69 Å². The van der Waals surface area contributed by atoms with E-state index in [9.17, 15) is 9.59 Å². The summed E-state index contributed by atoms with van der Waals surface area (Å²) in [6.45, 7) is 3.67. The number of nitrogens with one attached hydrogen (secondary N) is 1. The summed E-state index contributed by atoms with van der Waals surface area (Å²) < 4.78 is 1.95. The van der Waals surface area contributed by atoms with Gasteiger partial charge in [0, 0.05) is 5.69 Å². The Morgan fingerprint density at radius 2 is 1.96 bits per heavy atom. The van der Waals surface area contributed by atoms with Crippen LogP contribution in [0.3, 0.4) is 0 Å². The third kappa shape index (κ3) is 3.54. The lowest BCUT2D eigenvalue weighted by Gasteiger charge is -2.09. The van der Waals surface area contributed by atoms with Gasteiger partial charge in [0.25, 0.3) is 5.56 Å². The summed E-state index contributed by atoms with van der Waals surface area (Å²) in [5.41, 5.74) is 2.49. The van der Waals surface area contributed by atoms with Gasteiger partial charge in [0.1, 0.15) is 12.2 Å². The van der Waals surface area contributed by atoms with Crippen LogP contribution < -0.4 is 10.9 Å². The fourth-order valence-electron chi connectivity index (χ4n) is 2.72. The van der Waals surface area contributed by atoms with Crippen LogP contribution >= 0.6 is 22.7 Å². The number of benzene rings is 1. The molecule has 3 heterocycles. The van der Waals surface area contributed by atoms with E-state index in [0.29, 0.717) is 16.9 Å². The highest BCUT2D eigenvalue weighted by atomic mass is 32.1. The monoisotopic (exact) mass is 396 g/mol. The third-order valence-corrected chi connectivity index (χ3v) is 5.84. The fourth-order valence-corrected chi connectivity index (χ4v) is 4.41. The summed E-state index contributed by atoms with van der Waals surface area (Å²) in [6, 6.07) is 11.4. The molecule has 0 spiro atoms. The van der Waals surface area contributed by atoms with E-state index in [2.05, 4.69) is 15.4 Å². The van der Waals surface area contributed by atoms with E-state index >= 15 is 0 Å². The number of thiophene rings is 1. The maximum Gasteiger partial charge on any atom is 0.294 e. The second-order valence-electron chi connectivity index (χ2n) is 6.11. The molecule has 0 unspecified atom stereocenters. The first-order valence-corrected chi connectivity index (χ1v) is 9.99. The molecule has 4 rings (SSSR count). The summed E-state index contributed by atoms with van der Waals surface area (Å²) in [7, 11) is 0. The van der Waals surface area contributed by atoms with Gasteiger partial charge < -0.3 is 5.32 Å². The number of amides is 1. The minimum absolute atomic E-state index is 0.169. The molecule has 0 aliphatic rings. The Bertz CT molecular complexity index is 1180. The zero-order valence-electron chi connectivity index (χ0n) is 14.7. The van der Waals surface area contributed by atoms with Crippen molar-refractivity contribution in [1.29, 1.82) is 0 Å². The van der Waals surface area contributed by atoms with Gasteiger partial charge >= 0.3 is 0 Å². The zero-order valence-corrected chi connectivity index (χ0v) is 16.4. The first-order valence-electron chi connectivity index (χ1n) is 8.30. The lowest BCUT2D eigenvalue weighted by molar-refractivity contribution is -0.117. The van der Waals surface area contributed by atoms with Crippen LogP contribution in [0, 0.1) is 13.8 Å². The van der Waals surface area contributed by atoms with Crippen LogP contribution in [0.1, 0.15) is 10.6 Å². The van der Waals surface area contributed by atoms with Gasteiger partial charge in [0.2, 0.25) is 5.91 Å². The number of thiazole rings is 1. The van der Waals surface area contributed by atoms with Crippen molar-refractivity contribution in [2.45, 2.75) is 20.4 Å². The minimum atomic E-state index is -0.353. The Labute approximate surface area is 163 Å². The topological polar surface area (TPSA) is 76.9 Å². The second kappa shape index (κ2) is 7.05. The first kappa shape index (κ1) is 17.6. The number of rotatable bonds is 4. The van der Waals surface area contributed by atoms with Crippen molar-refractivity contribution in [1.82, 2.24) is 14.8 Å². The molecule has 4 aromatic rings. The Morgan fingerprint density at radius 3 is 2.67 bits per heavy atom. The normalized spacial score (nSPS) is 11.0. The molecule has 0 aliphatic carbocycles. The standard InChI is InChI=1S/C19H16N4O2S2/c1-11-5-7-13(8-6-11)21-15(24)10-23-19(25)17-18(27-12(2)20-17)16(22-23)14-4-3-9-26-14/h3-9H,10H2,1-2H3,(H,21,24). The predicted molar refractivity (Wildman–Crippen MR) is 110 cm³/mol. The molecule has 0 saturated carbocycles. The van der Waals surface area contributed by atoms with E-state index in [1.165, 1.54) is 27.4 Å². The SMILES string of the molecule is Cc1ccc(NC(=O)Cn2nc(-c3cccs3)c3sc(C)nc3c2=O)cc1. The molecule has 0 fully saturated rings. The lowest BCUT2D eigenvalue weighted by Crippen LogP contribution is -2.30. The van der Waals surface area contributed by atoms with Crippen molar-refractivity contribution in [3.8, 4) is 10.6 Å². The Balaban J connectivity index is 1.71. The van der Waals surface area contributed by atoms with Gasteiger partial charge in [-0.15, -0.1) is 22.7 Å². The van der Waals surface area contributed by atoms with Gasteiger partial charge in [-0.05, 0) is 37.4 Å². The molecule has 1 amide bonds. The summed E-state index contributed by atoms with van der Waals surface area (Å²) in [4.78, 5) is 30.5. The maximum atomic E-state index is 12.8. The van der Waals surface area contributed by atoms with Crippen LogP contribution in [0.5, 0.6) is 0 Å². The number of fused-ring (bicyclic) bond motifs is 1. The molecule has 0 aliphatic heterocycles. The smallest absolute Gasteiger partial charge is 0.294 e. The number of carbonyl (C=O) groups is 1. The van der Waals surface area contributed by atoms with Crippen molar-refractivity contribution in [3.63, 3.8) is 0 Å². The number of aryl methyl sites for hydroxylation is 2. The van der Waals surface area contributed by atoms with Crippen LogP contribution in [0.15, 0.2) is 46.6 Å². The van der Waals surface area contributed by atoms with E-state index in [0.717, 1.165) is 20.1 Å². The number of hydrogen-bond donors (Lipinski definition) is 1. The Hall–Kier alpha value is -2.84.